The standard InChI is InChI=1S/C24H24FN3O4S/c1-32-23-12-7-19(16-26-23)18-5-2-4-17(14-18)15-27-24(29)22-6-3-13-28(22)33(30,31)21-10-8-20(25)9-11-21/h2,4-5,7-12,14,16,22H,3,6,13,15H2,1H3,(H,27,29)/t22-/m0/s1. The maximum Gasteiger partial charge on any atom is 0.243 e. The van der Waals surface area contributed by atoms with Gasteiger partial charge >= 0.3 is 0 Å². The number of methoxy groups -OCH3 is 1. The number of hydrogen-bond donors (Lipinski definition) is 1. The largest absolute Gasteiger partial charge is 0.481 e. The van der Waals surface area contributed by atoms with E-state index in [-0.39, 0.29) is 23.9 Å². The van der Waals surface area contributed by atoms with Crippen LogP contribution in [0.1, 0.15) is 18.4 Å². The number of benzene rings is 2. The molecule has 4 rings (SSSR count). The Hall–Kier alpha value is -3.30. The minimum Gasteiger partial charge on any atom is -0.481 e. The fraction of sp³-hybridized carbons (Fsp3) is 0.250. The van der Waals surface area contributed by atoms with E-state index >= 15 is 0 Å². The Labute approximate surface area is 192 Å². The Balaban J connectivity index is 1.44. The number of amides is 1. The van der Waals surface area contributed by atoms with Gasteiger partial charge in [-0.2, -0.15) is 4.31 Å². The summed E-state index contributed by atoms with van der Waals surface area (Å²) in [5.74, 6) is -0.342. The predicted octanol–water partition coefficient (Wildman–Crippen LogP) is 3.37. The van der Waals surface area contributed by atoms with Crippen molar-refractivity contribution in [3.8, 4) is 17.0 Å². The molecule has 0 saturated carbocycles. The first-order valence-corrected chi connectivity index (χ1v) is 12.0. The molecule has 2 aromatic carbocycles. The van der Waals surface area contributed by atoms with Gasteiger partial charge in [-0.25, -0.2) is 17.8 Å². The summed E-state index contributed by atoms with van der Waals surface area (Å²) in [6.07, 6.45) is 2.73. The van der Waals surface area contributed by atoms with Crippen LogP contribution < -0.4 is 10.1 Å². The van der Waals surface area contributed by atoms with Gasteiger partial charge < -0.3 is 10.1 Å². The van der Waals surface area contributed by atoms with Crippen molar-refractivity contribution < 1.29 is 22.3 Å². The van der Waals surface area contributed by atoms with Crippen LogP contribution in [0.5, 0.6) is 5.88 Å². The van der Waals surface area contributed by atoms with Crippen molar-refractivity contribution in [2.45, 2.75) is 30.3 Å². The molecule has 1 aromatic heterocycles. The van der Waals surface area contributed by atoms with Gasteiger partial charge in [-0.3, -0.25) is 4.79 Å². The second-order valence-electron chi connectivity index (χ2n) is 7.74. The molecule has 1 aliphatic heterocycles. The Kier molecular flexibility index (Phi) is 6.71. The number of rotatable bonds is 7. The van der Waals surface area contributed by atoms with Gasteiger partial charge in [-0.15, -0.1) is 0 Å². The molecule has 1 amide bonds. The van der Waals surface area contributed by atoms with Crippen LogP contribution in [0.4, 0.5) is 4.39 Å². The first-order valence-electron chi connectivity index (χ1n) is 10.5. The van der Waals surface area contributed by atoms with E-state index in [2.05, 4.69) is 10.3 Å². The molecule has 0 unspecified atom stereocenters. The quantitative estimate of drug-likeness (QED) is 0.573. The minimum absolute atomic E-state index is 0.0237. The van der Waals surface area contributed by atoms with E-state index in [4.69, 9.17) is 4.74 Å². The van der Waals surface area contributed by atoms with Crippen LogP contribution in [0.25, 0.3) is 11.1 Å². The Bertz CT molecular complexity index is 1230. The van der Waals surface area contributed by atoms with Crippen LogP contribution >= 0.6 is 0 Å². The number of carbonyl (C=O) groups excluding carboxylic acids is 1. The van der Waals surface area contributed by atoms with Crippen molar-refractivity contribution in [2.75, 3.05) is 13.7 Å². The van der Waals surface area contributed by atoms with E-state index in [1.165, 1.54) is 16.4 Å². The molecule has 1 saturated heterocycles. The number of hydrogen-bond acceptors (Lipinski definition) is 5. The first-order chi connectivity index (χ1) is 15.9. The van der Waals surface area contributed by atoms with Crippen LogP contribution in [0.15, 0.2) is 71.8 Å². The summed E-state index contributed by atoms with van der Waals surface area (Å²) in [5.41, 5.74) is 2.73. The van der Waals surface area contributed by atoms with Gasteiger partial charge in [0.15, 0.2) is 0 Å². The van der Waals surface area contributed by atoms with E-state index in [9.17, 15) is 17.6 Å². The monoisotopic (exact) mass is 469 g/mol. The number of aromatic nitrogens is 1. The molecule has 0 spiro atoms. The fourth-order valence-corrected chi connectivity index (χ4v) is 5.53. The van der Waals surface area contributed by atoms with Crippen LogP contribution in [-0.4, -0.2) is 43.3 Å². The zero-order valence-corrected chi connectivity index (χ0v) is 18.9. The summed E-state index contributed by atoms with van der Waals surface area (Å²) in [6.45, 7) is 0.509. The number of nitrogens with zero attached hydrogens (tertiary/aromatic N) is 2. The molecule has 7 nitrogen and oxygen atoms in total. The van der Waals surface area contributed by atoms with Crippen LogP contribution in [0.3, 0.4) is 0 Å². The van der Waals surface area contributed by atoms with Crippen LogP contribution in [0.2, 0.25) is 0 Å². The lowest BCUT2D eigenvalue weighted by molar-refractivity contribution is -0.124. The summed E-state index contributed by atoms with van der Waals surface area (Å²) >= 11 is 0. The molecule has 3 aromatic rings. The molecule has 33 heavy (non-hydrogen) atoms. The van der Waals surface area contributed by atoms with Gasteiger partial charge in [0, 0.05) is 30.9 Å². The number of nitrogens with one attached hydrogen (secondary N) is 1. The summed E-state index contributed by atoms with van der Waals surface area (Å²) in [5, 5.41) is 2.86. The van der Waals surface area contributed by atoms with Crippen LogP contribution in [-0.2, 0) is 21.4 Å². The average molecular weight is 470 g/mol. The topological polar surface area (TPSA) is 88.6 Å². The minimum atomic E-state index is -3.89. The molecule has 1 fully saturated rings. The van der Waals surface area contributed by atoms with Gasteiger partial charge in [-0.05, 0) is 60.4 Å². The molecule has 2 heterocycles. The molecule has 0 bridgehead atoms. The average Bonchev–Trinajstić information content (AvgIpc) is 3.34. The summed E-state index contributed by atoms with van der Waals surface area (Å²) < 4.78 is 45.5. The molecular weight excluding hydrogens is 445 g/mol. The molecule has 1 N–H and O–H groups in total. The molecule has 172 valence electrons. The maximum atomic E-state index is 13.2. The lowest BCUT2D eigenvalue weighted by Gasteiger charge is -2.23. The highest BCUT2D eigenvalue weighted by atomic mass is 32.2. The highest BCUT2D eigenvalue weighted by molar-refractivity contribution is 7.89. The molecule has 0 aliphatic carbocycles. The Morgan fingerprint density at radius 3 is 2.64 bits per heavy atom. The smallest absolute Gasteiger partial charge is 0.243 e. The molecular formula is C24H24FN3O4S. The van der Waals surface area contributed by atoms with Crippen LogP contribution in [0, 0.1) is 5.82 Å². The highest BCUT2D eigenvalue weighted by Crippen LogP contribution is 2.27. The van der Waals surface area contributed by atoms with E-state index in [0.29, 0.717) is 18.7 Å². The second kappa shape index (κ2) is 9.68. The lowest BCUT2D eigenvalue weighted by atomic mass is 10.0. The van der Waals surface area contributed by atoms with E-state index in [1.54, 1.807) is 19.4 Å². The number of carbonyl (C=O) groups is 1. The molecule has 1 aliphatic rings. The van der Waals surface area contributed by atoms with Crippen molar-refractivity contribution in [2.24, 2.45) is 0 Å². The zero-order valence-electron chi connectivity index (χ0n) is 18.1. The number of sulfonamides is 1. The summed E-state index contributed by atoms with van der Waals surface area (Å²) in [7, 11) is -2.34. The normalized spacial score (nSPS) is 16.5. The first kappa shape index (κ1) is 22.9. The second-order valence-corrected chi connectivity index (χ2v) is 9.63. The van der Waals surface area contributed by atoms with E-state index in [1.807, 2.05) is 30.3 Å². The fourth-order valence-electron chi connectivity index (χ4n) is 3.87. The third kappa shape index (κ3) is 5.04. The van der Waals surface area contributed by atoms with Crippen molar-refractivity contribution in [3.63, 3.8) is 0 Å². The van der Waals surface area contributed by atoms with E-state index < -0.39 is 21.9 Å². The van der Waals surface area contributed by atoms with Gasteiger partial charge in [-0.1, -0.05) is 18.2 Å². The van der Waals surface area contributed by atoms with Crippen molar-refractivity contribution >= 4 is 15.9 Å². The summed E-state index contributed by atoms with van der Waals surface area (Å²) in [6, 6.07) is 15.2. The third-order valence-corrected chi connectivity index (χ3v) is 7.52. The van der Waals surface area contributed by atoms with Gasteiger partial charge in [0.05, 0.1) is 12.0 Å². The Morgan fingerprint density at radius 2 is 1.94 bits per heavy atom. The van der Waals surface area contributed by atoms with Gasteiger partial charge in [0.1, 0.15) is 11.9 Å². The molecule has 9 heteroatoms. The zero-order chi connectivity index (χ0) is 23.4. The van der Waals surface area contributed by atoms with Crippen molar-refractivity contribution in [1.29, 1.82) is 0 Å². The molecule has 0 radical (unpaired) electrons. The third-order valence-electron chi connectivity index (χ3n) is 5.60. The SMILES string of the molecule is COc1ccc(-c2cccc(CNC(=O)[C@@H]3CCCN3S(=O)(=O)c3ccc(F)cc3)c2)cn1. The number of pyridine rings is 1. The highest BCUT2D eigenvalue weighted by Gasteiger charge is 2.39. The Morgan fingerprint density at radius 1 is 1.15 bits per heavy atom. The number of halogens is 1. The lowest BCUT2D eigenvalue weighted by Crippen LogP contribution is -2.45. The maximum absolute atomic E-state index is 13.2. The molecule has 1 atom stereocenters. The number of ether oxygens (including phenoxy) is 1. The van der Waals surface area contributed by atoms with Gasteiger partial charge in [0.25, 0.3) is 0 Å². The van der Waals surface area contributed by atoms with Crippen molar-refractivity contribution in [3.05, 3.63) is 78.2 Å². The predicted molar refractivity (Wildman–Crippen MR) is 121 cm³/mol. The van der Waals surface area contributed by atoms with Crippen molar-refractivity contribution in [1.82, 2.24) is 14.6 Å². The summed E-state index contributed by atoms with van der Waals surface area (Å²) in [4.78, 5) is 17.1. The van der Waals surface area contributed by atoms with Gasteiger partial charge in [0.2, 0.25) is 21.8 Å². The van der Waals surface area contributed by atoms with E-state index in [0.717, 1.165) is 28.8 Å².